The molecular formula is C24H28ClF3N4O. The molecule has 178 valence electrons. The number of benzene rings is 1. The Balaban J connectivity index is 1.78. The number of carbonyl (C=O) groups excluding carboxylic acids is 1. The zero-order chi connectivity index (χ0) is 24.2. The largest absolute Gasteiger partial charge is 0.389 e. The summed E-state index contributed by atoms with van der Waals surface area (Å²) < 4.78 is 39.4. The third-order valence-electron chi connectivity index (χ3n) is 5.82. The Kier molecular flexibility index (Phi) is 7.89. The Morgan fingerprint density at radius 3 is 2.61 bits per heavy atom. The Labute approximate surface area is 196 Å². The van der Waals surface area contributed by atoms with Gasteiger partial charge >= 0.3 is 12.2 Å². The summed E-state index contributed by atoms with van der Waals surface area (Å²) in [5.74, 6) is 0. The van der Waals surface area contributed by atoms with Crippen LogP contribution in [-0.4, -0.2) is 39.3 Å². The Morgan fingerprint density at radius 2 is 1.94 bits per heavy atom. The topological polar surface area (TPSA) is 49.6 Å². The molecule has 0 radical (unpaired) electrons. The first-order valence-corrected chi connectivity index (χ1v) is 11.4. The number of nitrogens with zero attached hydrogens (tertiary/aromatic N) is 3. The fourth-order valence-electron chi connectivity index (χ4n) is 3.88. The number of nitrogens with one attached hydrogen (secondary N) is 1. The molecule has 2 amide bonds. The lowest BCUT2D eigenvalue weighted by molar-refractivity contribution is -0.136. The van der Waals surface area contributed by atoms with Crippen molar-refractivity contribution in [2.24, 2.45) is 0 Å². The number of urea groups is 1. The maximum Gasteiger partial charge on any atom is 0.389 e. The summed E-state index contributed by atoms with van der Waals surface area (Å²) in [6, 6.07) is 12.3. The quantitative estimate of drug-likeness (QED) is 0.358. The first-order chi connectivity index (χ1) is 15.6. The van der Waals surface area contributed by atoms with Crippen molar-refractivity contribution < 1.29 is 18.0 Å². The molecule has 1 N–H and O–H groups in total. The van der Waals surface area contributed by atoms with Gasteiger partial charge in [0, 0.05) is 19.0 Å². The molecule has 0 saturated heterocycles. The second-order valence-electron chi connectivity index (χ2n) is 8.03. The minimum atomic E-state index is -4.24. The molecule has 0 bridgehead atoms. The molecular weight excluding hydrogens is 453 g/mol. The summed E-state index contributed by atoms with van der Waals surface area (Å²) >= 11 is 6.36. The lowest BCUT2D eigenvalue weighted by Crippen LogP contribution is -2.45. The van der Waals surface area contributed by atoms with E-state index in [1.807, 2.05) is 56.3 Å². The normalized spacial score (nSPS) is 13.7. The van der Waals surface area contributed by atoms with Crippen molar-refractivity contribution in [1.29, 1.82) is 0 Å². The van der Waals surface area contributed by atoms with Gasteiger partial charge in [-0.2, -0.15) is 18.3 Å². The van der Waals surface area contributed by atoms with E-state index >= 15 is 0 Å². The second kappa shape index (κ2) is 10.5. The maximum absolute atomic E-state index is 12.9. The molecule has 5 nitrogen and oxygen atoms in total. The van der Waals surface area contributed by atoms with Crippen LogP contribution >= 0.6 is 11.6 Å². The van der Waals surface area contributed by atoms with E-state index in [0.717, 1.165) is 22.2 Å². The first kappa shape index (κ1) is 24.9. The molecule has 3 aromatic rings. The SMILES string of the molecule is CCC(CCC(F)(F)F)NC(=O)N(CC)[C@H](C)c1cccc(-c2cc(Cl)n3nccc3c2)c1. The monoisotopic (exact) mass is 480 g/mol. The fraction of sp³-hybridized carbons (Fsp3) is 0.417. The zero-order valence-corrected chi connectivity index (χ0v) is 19.6. The molecule has 9 heteroatoms. The van der Waals surface area contributed by atoms with E-state index in [9.17, 15) is 18.0 Å². The molecule has 0 spiro atoms. The van der Waals surface area contributed by atoms with Crippen LogP contribution in [0, 0.1) is 0 Å². The number of carbonyl (C=O) groups is 1. The van der Waals surface area contributed by atoms with Gasteiger partial charge in [-0.3, -0.25) is 0 Å². The molecule has 0 saturated carbocycles. The summed E-state index contributed by atoms with van der Waals surface area (Å²) in [5.41, 5.74) is 3.65. The number of amides is 2. The molecule has 2 atom stereocenters. The average molecular weight is 481 g/mol. The number of alkyl halides is 3. The number of rotatable bonds is 8. The summed E-state index contributed by atoms with van der Waals surface area (Å²) in [7, 11) is 0. The van der Waals surface area contributed by atoms with Crippen LogP contribution in [0.4, 0.5) is 18.0 Å². The minimum absolute atomic E-state index is 0.134. The predicted molar refractivity (Wildman–Crippen MR) is 124 cm³/mol. The highest BCUT2D eigenvalue weighted by Gasteiger charge is 2.29. The molecule has 0 fully saturated rings. The van der Waals surface area contributed by atoms with E-state index in [1.165, 1.54) is 0 Å². The van der Waals surface area contributed by atoms with Gasteiger partial charge in [0.25, 0.3) is 0 Å². The van der Waals surface area contributed by atoms with Gasteiger partial charge in [-0.25, -0.2) is 9.31 Å². The molecule has 0 aliphatic heterocycles. The molecule has 33 heavy (non-hydrogen) atoms. The molecule has 1 aromatic carbocycles. The van der Waals surface area contributed by atoms with Crippen molar-refractivity contribution >= 4 is 23.1 Å². The van der Waals surface area contributed by atoms with Crippen LogP contribution in [0.25, 0.3) is 16.6 Å². The van der Waals surface area contributed by atoms with Crippen LogP contribution in [-0.2, 0) is 0 Å². The van der Waals surface area contributed by atoms with Gasteiger partial charge < -0.3 is 10.2 Å². The average Bonchev–Trinajstić information content (AvgIpc) is 3.26. The number of halogens is 4. The van der Waals surface area contributed by atoms with E-state index in [4.69, 9.17) is 11.6 Å². The molecule has 3 rings (SSSR count). The summed E-state index contributed by atoms with van der Waals surface area (Å²) in [6.45, 7) is 5.95. The van der Waals surface area contributed by atoms with Crippen molar-refractivity contribution in [3.63, 3.8) is 0 Å². The minimum Gasteiger partial charge on any atom is -0.335 e. The van der Waals surface area contributed by atoms with Gasteiger partial charge in [0.1, 0.15) is 5.15 Å². The van der Waals surface area contributed by atoms with Gasteiger partial charge in [0.15, 0.2) is 0 Å². The number of aromatic nitrogens is 2. The van der Waals surface area contributed by atoms with Crippen molar-refractivity contribution in [3.05, 3.63) is 59.4 Å². The Morgan fingerprint density at radius 1 is 1.18 bits per heavy atom. The third kappa shape index (κ3) is 6.19. The van der Waals surface area contributed by atoms with E-state index in [2.05, 4.69) is 10.4 Å². The first-order valence-electron chi connectivity index (χ1n) is 11.0. The Bertz CT molecular complexity index is 1100. The standard InChI is InChI=1S/C24H28ClF3N4O/c1-4-20(9-11-24(26,27)28)30-23(33)31(5-2)16(3)17-7-6-8-18(13-17)19-14-21-10-12-29-32(21)22(25)15-19/h6-8,10,12-16,20H,4-5,9,11H2,1-3H3,(H,30,33)/t16-,20?/m1/s1. The van der Waals surface area contributed by atoms with E-state index in [0.29, 0.717) is 18.1 Å². The number of fused-ring (bicyclic) bond motifs is 1. The molecule has 0 aliphatic carbocycles. The lowest BCUT2D eigenvalue weighted by Gasteiger charge is -2.31. The van der Waals surface area contributed by atoms with Crippen molar-refractivity contribution in [2.45, 2.75) is 58.3 Å². The highest BCUT2D eigenvalue weighted by Crippen LogP contribution is 2.29. The van der Waals surface area contributed by atoms with Crippen LogP contribution in [0.3, 0.4) is 0 Å². The molecule has 0 aliphatic rings. The lowest BCUT2D eigenvalue weighted by atomic mass is 9.99. The zero-order valence-electron chi connectivity index (χ0n) is 18.9. The van der Waals surface area contributed by atoms with Gasteiger partial charge in [0.2, 0.25) is 0 Å². The summed E-state index contributed by atoms with van der Waals surface area (Å²) in [6.07, 6.45) is -3.18. The van der Waals surface area contributed by atoms with Crippen molar-refractivity contribution in [3.8, 4) is 11.1 Å². The molecule has 1 unspecified atom stereocenters. The van der Waals surface area contributed by atoms with Gasteiger partial charge in [0.05, 0.1) is 17.8 Å². The van der Waals surface area contributed by atoms with Gasteiger partial charge in [-0.15, -0.1) is 0 Å². The van der Waals surface area contributed by atoms with Crippen LogP contribution in [0.1, 0.15) is 51.6 Å². The molecule has 2 heterocycles. The van der Waals surface area contributed by atoms with Crippen molar-refractivity contribution in [2.75, 3.05) is 6.54 Å². The third-order valence-corrected chi connectivity index (χ3v) is 6.09. The number of pyridine rings is 1. The fourth-order valence-corrected chi connectivity index (χ4v) is 4.14. The summed E-state index contributed by atoms with van der Waals surface area (Å²) in [4.78, 5) is 14.5. The Hall–Kier alpha value is -2.74. The van der Waals surface area contributed by atoms with Gasteiger partial charge in [-0.05, 0) is 67.6 Å². The smallest absolute Gasteiger partial charge is 0.335 e. The number of hydrogen-bond donors (Lipinski definition) is 1. The highest BCUT2D eigenvalue weighted by atomic mass is 35.5. The van der Waals surface area contributed by atoms with Crippen molar-refractivity contribution in [1.82, 2.24) is 19.8 Å². The molecule has 2 aromatic heterocycles. The van der Waals surface area contributed by atoms with E-state index in [1.54, 1.807) is 22.5 Å². The predicted octanol–water partition coefficient (Wildman–Crippen LogP) is 6.87. The van der Waals surface area contributed by atoms with Gasteiger partial charge in [-0.1, -0.05) is 36.7 Å². The van der Waals surface area contributed by atoms with Crippen LogP contribution in [0.5, 0.6) is 0 Å². The highest BCUT2D eigenvalue weighted by molar-refractivity contribution is 6.30. The second-order valence-corrected chi connectivity index (χ2v) is 8.42. The van der Waals surface area contributed by atoms with E-state index < -0.39 is 18.6 Å². The maximum atomic E-state index is 12.9. The van der Waals surface area contributed by atoms with Crippen LogP contribution in [0.15, 0.2) is 48.7 Å². The van der Waals surface area contributed by atoms with Crippen LogP contribution in [0.2, 0.25) is 5.15 Å². The van der Waals surface area contributed by atoms with E-state index in [-0.39, 0.29) is 18.5 Å². The summed E-state index contributed by atoms with van der Waals surface area (Å²) in [5, 5.41) is 7.44. The number of hydrogen-bond acceptors (Lipinski definition) is 2. The van der Waals surface area contributed by atoms with Crippen LogP contribution < -0.4 is 5.32 Å².